The first kappa shape index (κ1) is 2.60. The standard InChI is InChI=1S/C10H13N/c1-2-4-10-6-8-11-7-5-9(10)3-1/h1-4,11H,5-8H2/i5D2,7D2,8D2/hD. The van der Waals surface area contributed by atoms with Crippen molar-refractivity contribution < 1.29 is 9.64 Å². The highest BCUT2D eigenvalue weighted by atomic mass is 14.8. The van der Waals surface area contributed by atoms with Crippen molar-refractivity contribution in [2.75, 3.05) is 13.0 Å². The number of fused-ring (bicyclic) bond motifs is 1. The van der Waals surface area contributed by atoms with Gasteiger partial charge >= 0.3 is 0 Å². The van der Waals surface area contributed by atoms with Gasteiger partial charge in [-0.05, 0) is 36.9 Å². The summed E-state index contributed by atoms with van der Waals surface area (Å²) in [5.41, 5.74) is 0.500. The van der Waals surface area contributed by atoms with Crippen LogP contribution in [0, 0.1) is 0 Å². The summed E-state index contributed by atoms with van der Waals surface area (Å²) in [6.07, 6.45) is -2.67. The normalized spacial score (nSPS) is 42.0. The predicted octanol–water partition coefficient (Wildman–Crippen LogP) is 1.37. The Kier molecular flexibility index (Phi) is 0.721. The molecule has 1 nitrogen and oxygen atoms in total. The van der Waals surface area contributed by atoms with Crippen molar-refractivity contribution in [3.8, 4) is 0 Å². The van der Waals surface area contributed by atoms with Gasteiger partial charge in [-0.15, -0.1) is 0 Å². The second-order valence-corrected chi connectivity index (χ2v) is 2.34. The minimum Gasteiger partial charge on any atom is -0.316 e. The van der Waals surface area contributed by atoms with E-state index in [1.54, 1.807) is 18.2 Å². The maximum absolute atomic E-state index is 7.92. The Bertz CT molecular complexity index is 471. The molecule has 0 atom stereocenters. The van der Waals surface area contributed by atoms with Crippen molar-refractivity contribution in [1.82, 2.24) is 5.31 Å². The molecule has 1 aliphatic heterocycles. The molecule has 0 radical (unpaired) electrons. The predicted molar refractivity (Wildman–Crippen MR) is 46.7 cm³/mol. The molecule has 0 unspecified atom stereocenters. The number of aryl methyl sites for hydroxylation is 2. The average Bonchev–Trinajstić information content (AvgIpc) is 2.30. The molecule has 0 spiro atoms. The lowest BCUT2D eigenvalue weighted by Gasteiger charge is -2.01. The zero-order valence-electron chi connectivity index (χ0n) is 13.0. The van der Waals surface area contributed by atoms with Crippen LogP contribution in [0.15, 0.2) is 24.3 Å². The summed E-state index contributed by atoms with van der Waals surface area (Å²) in [5.74, 6) is 0. The Morgan fingerprint density at radius 1 is 1.27 bits per heavy atom. The van der Waals surface area contributed by atoms with Gasteiger partial charge in [0.2, 0.25) is 0 Å². The van der Waals surface area contributed by atoms with E-state index in [0.717, 1.165) is 0 Å². The molecule has 0 saturated carbocycles. The van der Waals surface area contributed by atoms with Gasteiger partial charge in [0.25, 0.3) is 0 Å². The van der Waals surface area contributed by atoms with Crippen molar-refractivity contribution in [3.63, 3.8) is 0 Å². The maximum Gasteiger partial charge on any atom is 0.122 e. The van der Waals surface area contributed by atoms with E-state index >= 15 is 0 Å². The summed E-state index contributed by atoms with van der Waals surface area (Å²) in [6.45, 7) is -5.01. The van der Waals surface area contributed by atoms with Gasteiger partial charge in [-0.1, -0.05) is 24.3 Å². The second kappa shape index (κ2) is 3.05. The van der Waals surface area contributed by atoms with Crippen LogP contribution < -0.4 is 5.31 Å². The number of hydrogen-bond acceptors (Lipinski definition) is 1. The molecule has 0 saturated heterocycles. The molecule has 0 aromatic heterocycles. The molecule has 58 valence electrons. The Morgan fingerprint density at radius 2 is 2.09 bits per heavy atom. The van der Waals surface area contributed by atoms with Crippen LogP contribution in [0.5, 0.6) is 0 Å². The SMILES string of the molecule is [2H]N1C([2H])([2H])Cc2ccccc2C([2H])([2H])C1([2H])[2H]. The fourth-order valence-corrected chi connectivity index (χ4v) is 1.05. The Balaban J connectivity index is 2.70. The summed E-state index contributed by atoms with van der Waals surface area (Å²) in [5, 5.41) is 0.0972. The van der Waals surface area contributed by atoms with Crippen LogP contribution in [0.3, 0.4) is 0 Å². The Morgan fingerprint density at radius 3 is 3.00 bits per heavy atom. The molecule has 1 aromatic carbocycles. The van der Waals surface area contributed by atoms with Crippen LogP contribution in [-0.2, 0) is 12.8 Å². The summed E-state index contributed by atoms with van der Waals surface area (Å²) in [6, 6.07) is 6.25. The third-order valence-electron chi connectivity index (χ3n) is 1.61. The van der Waals surface area contributed by atoms with Crippen molar-refractivity contribution in [1.29, 1.82) is 0 Å². The molecule has 2 rings (SSSR count). The van der Waals surface area contributed by atoms with Crippen LogP contribution >= 0.6 is 0 Å². The molecule has 0 bridgehead atoms. The highest BCUT2D eigenvalue weighted by molar-refractivity contribution is 5.28. The molecule has 1 heterocycles. The molecule has 1 N–H and O–H groups in total. The first-order valence-electron chi connectivity index (χ1n) is 6.93. The number of nitrogens with one attached hydrogen (secondary N) is 1. The van der Waals surface area contributed by atoms with E-state index in [-0.39, 0.29) is 17.3 Å². The summed E-state index contributed by atoms with van der Waals surface area (Å²) >= 11 is 0. The Labute approximate surface area is 77.3 Å². The largest absolute Gasteiger partial charge is 0.316 e. The fraction of sp³-hybridized carbons (Fsp3) is 0.400. The van der Waals surface area contributed by atoms with E-state index < -0.39 is 19.4 Å². The average molecular weight is 154 g/mol. The smallest absolute Gasteiger partial charge is 0.122 e. The minimum atomic E-state index is -2.75. The van der Waals surface area contributed by atoms with Crippen LogP contribution in [0.2, 0.25) is 1.41 Å². The first-order valence-corrected chi connectivity index (χ1v) is 3.48. The van der Waals surface area contributed by atoms with Gasteiger partial charge < -0.3 is 5.31 Å². The van der Waals surface area contributed by atoms with Crippen LogP contribution in [-0.4, -0.2) is 13.0 Å². The van der Waals surface area contributed by atoms with Crippen molar-refractivity contribution in [3.05, 3.63) is 35.4 Å². The quantitative estimate of drug-likeness (QED) is 0.595. The molecule has 1 heteroatoms. The van der Waals surface area contributed by atoms with E-state index in [0.29, 0.717) is 5.56 Å². The van der Waals surface area contributed by atoms with E-state index in [1.807, 2.05) is 0 Å². The molecule has 1 aliphatic rings. The van der Waals surface area contributed by atoms with Crippen LogP contribution in [0.1, 0.15) is 19.4 Å². The van der Waals surface area contributed by atoms with Crippen LogP contribution in [0.4, 0.5) is 0 Å². The van der Waals surface area contributed by atoms with Gasteiger partial charge in [-0.25, -0.2) is 0 Å². The fourth-order valence-electron chi connectivity index (χ4n) is 1.05. The van der Waals surface area contributed by atoms with Gasteiger partial charge in [-0.3, -0.25) is 0 Å². The van der Waals surface area contributed by atoms with Crippen molar-refractivity contribution in [2.45, 2.75) is 12.8 Å². The van der Waals surface area contributed by atoms with E-state index in [4.69, 9.17) is 9.64 Å². The zero-order chi connectivity index (χ0) is 13.8. The number of benzene rings is 1. The molecule has 0 fully saturated rings. The highest BCUT2D eigenvalue weighted by Gasteiger charge is 2.04. The lowest BCUT2D eigenvalue weighted by molar-refractivity contribution is 0.711. The van der Waals surface area contributed by atoms with Gasteiger partial charge in [0, 0.05) is 8.22 Å². The first-order chi connectivity index (χ1) is 8.11. The zero-order valence-corrected chi connectivity index (χ0v) is 5.96. The molecule has 0 amide bonds. The van der Waals surface area contributed by atoms with Gasteiger partial charge in [0.1, 0.15) is 1.41 Å². The second-order valence-electron chi connectivity index (χ2n) is 2.34. The molecular formula is C10H13N. The van der Waals surface area contributed by atoms with Crippen molar-refractivity contribution in [2.24, 2.45) is 0 Å². The summed E-state index contributed by atoms with van der Waals surface area (Å²) in [7, 11) is 0. The van der Waals surface area contributed by atoms with E-state index in [1.165, 1.54) is 6.07 Å². The monoisotopic (exact) mass is 154 g/mol. The van der Waals surface area contributed by atoms with Crippen LogP contribution in [0.25, 0.3) is 0 Å². The topological polar surface area (TPSA) is 12.0 Å². The van der Waals surface area contributed by atoms with E-state index in [2.05, 4.69) is 0 Å². The maximum atomic E-state index is 7.92. The third kappa shape index (κ3) is 1.43. The Hall–Kier alpha value is -0.820. The number of rotatable bonds is 0. The molecule has 11 heavy (non-hydrogen) atoms. The molecule has 1 aromatic rings. The summed E-state index contributed by atoms with van der Waals surface area (Å²) in [4.78, 5) is 0. The highest BCUT2D eigenvalue weighted by Crippen LogP contribution is 2.11. The lowest BCUT2D eigenvalue weighted by Crippen LogP contribution is -2.16. The van der Waals surface area contributed by atoms with E-state index in [9.17, 15) is 0 Å². The number of hydrogen-bond donors (Lipinski definition) is 1. The molecule has 0 aliphatic carbocycles. The van der Waals surface area contributed by atoms with Gasteiger partial charge in [0.05, 0.1) is 0 Å². The lowest BCUT2D eigenvalue weighted by atomic mass is 10.0. The van der Waals surface area contributed by atoms with Gasteiger partial charge in [0.15, 0.2) is 0 Å². The van der Waals surface area contributed by atoms with Gasteiger partial charge in [-0.2, -0.15) is 0 Å². The summed E-state index contributed by atoms with van der Waals surface area (Å²) < 4.78 is 54.4. The third-order valence-corrected chi connectivity index (χ3v) is 1.61. The molecular weight excluding hydrogens is 134 g/mol. The minimum absolute atomic E-state index is 0.0972. The van der Waals surface area contributed by atoms with Crippen molar-refractivity contribution >= 4 is 0 Å².